The molecule has 112 valence electrons. The molecule has 0 radical (unpaired) electrons. The van der Waals surface area contributed by atoms with Crippen molar-refractivity contribution >= 4 is 0 Å². The van der Waals surface area contributed by atoms with Crippen LogP contribution >= 0.6 is 0 Å². The molecule has 0 aliphatic heterocycles. The summed E-state index contributed by atoms with van der Waals surface area (Å²) < 4.78 is 0. The van der Waals surface area contributed by atoms with Gasteiger partial charge in [-0.3, -0.25) is 0 Å². The normalized spacial score (nSPS) is 13.2. The van der Waals surface area contributed by atoms with Gasteiger partial charge in [0, 0.05) is 5.92 Å². The third-order valence-corrected chi connectivity index (χ3v) is 4.10. The fourth-order valence-corrected chi connectivity index (χ4v) is 2.69. The summed E-state index contributed by atoms with van der Waals surface area (Å²) in [6.07, 6.45) is 1.00. The Balaban J connectivity index is 2.15. The molecule has 1 unspecified atom stereocenters. The van der Waals surface area contributed by atoms with E-state index in [4.69, 9.17) is 5.73 Å². The molecule has 2 N–H and O–H groups in total. The summed E-state index contributed by atoms with van der Waals surface area (Å²) in [5.74, 6) is 0.394. The van der Waals surface area contributed by atoms with E-state index in [0.717, 1.165) is 6.42 Å². The van der Waals surface area contributed by atoms with Gasteiger partial charge in [-0.05, 0) is 42.0 Å². The van der Waals surface area contributed by atoms with Gasteiger partial charge < -0.3 is 5.73 Å². The first-order chi connectivity index (χ1) is 9.90. The van der Waals surface area contributed by atoms with Gasteiger partial charge in [-0.15, -0.1) is 0 Å². The van der Waals surface area contributed by atoms with Crippen molar-refractivity contribution in [3.63, 3.8) is 0 Å². The van der Waals surface area contributed by atoms with E-state index in [1.165, 1.54) is 22.3 Å². The van der Waals surface area contributed by atoms with Gasteiger partial charge in [0.25, 0.3) is 0 Å². The minimum Gasteiger partial charge on any atom is -0.330 e. The van der Waals surface area contributed by atoms with Gasteiger partial charge in [0.2, 0.25) is 0 Å². The van der Waals surface area contributed by atoms with Crippen molar-refractivity contribution in [2.45, 2.75) is 45.4 Å². The van der Waals surface area contributed by atoms with Crippen molar-refractivity contribution in [1.82, 2.24) is 0 Å². The molecule has 2 aromatic rings. The molecule has 2 rings (SSSR count). The van der Waals surface area contributed by atoms with Crippen LogP contribution in [-0.4, -0.2) is 6.54 Å². The highest BCUT2D eigenvalue weighted by Crippen LogP contribution is 2.25. The average Bonchev–Trinajstić information content (AvgIpc) is 2.44. The van der Waals surface area contributed by atoms with Crippen LogP contribution in [0.25, 0.3) is 0 Å². The maximum absolute atomic E-state index is 6.00. The van der Waals surface area contributed by atoms with Gasteiger partial charge in [0.1, 0.15) is 0 Å². The molecule has 1 nitrogen and oxygen atoms in total. The average molecular weight is 281 g/mol. The number of hydrogen-bond donors (Lipinski definition) is 1. The second-order valence-corrected chi connectivity index (χ2v) is 7.00. The van der Waals surface area contributed by atoms with E-state index in [-0.39, 0.29) is 5.41 Å². The molecule has 1 atom stereocenters. The zero-order valence-electron chi connectivity index (χ0n) is 13.7. The van der Waals surface area contributed by atoms with E-state index < -0.39 is 0 Å². The Morgan fingerprint density at radius 2 is 1.67 bits per heavy atom. The van der Waals surface area contributed by atoms with E-state index in [1.807, 2.05) is 0 Å². The molecule has 0 aliphatic rings. The van der Waals surface area contributed by atoms with Gasteiger partial charge in [0.15, 0.2) is 0 Å². The molecule has 1 heteroatoms. The largest absolute Gasteiger partial charge is 0.330 e. The standard InChI is InChI=1S/C20H27N/c1-15-6-5-7-17(12-15)18(14-21)13-16-8-10-19(11-9-16)20(2,3)4/h5-12,18H,13-14,21H2,1-4H3. The lowest BCUT2D eigenvalue weighted by atomic mass is 9.85. The molecular weight excluding hydrogens is 254 g/mol. The predicted octanol–water partition coefficient (Wildman–Crippen LogP) is 4.58. The summed E-state index contributed by atoms with van der Waals surface area (Å²) >= 11 is 0. The summed E-state index contributed by atoms with van der Waals surface area (Å²) in [6, 6.07) is 17.7. The van der Waals surface area contributed by atoms with Crippen LogP contribution in [0.2, 0.25) is 0 Å². The van der Waals surface area contributed by atoms with Crippen molar-refractivity contribution in [2.24, 2.45) is 5.73 Å². The Morgan fingerprint density at radius 1 is 1.00 bits per heavy atom. The molecule has 0 spiro atoms. The smallest absolute Gasteiger partial charge is 0.000167 e. The first-order valence-electron chi connectivity index (χ1n) is 7.76. The molecule has 0 saturated carbocycles. The van der Waals surface area contributed by atoms with Crippen LogP contribution in [0, 0.1) is 6.92 Å². The molecule has 0 heterocycles. The fraction of sp³-hybridized carbons (Fsp3) is 0.400. The molecule has 0 fully saturated rings. The molecule has 2 aromatic carbocycles. The van der Waals surface area contributed by atoms with Crippen LogP contribution in [0.4, 0.5) is 0 Å². The van der Waals surface area contributed by atoms with Crippen molar-refractivity contribution in [2.75, 3.05) is 6.54 Å². The summed E-state index contributed by atoms with van der Waals surface area (Å²) in [5, 5.41) is 0. The van der Waals surface area contributed by atoms with E-state index in [9.17, 15) is 0 Å². The van der Waals surface area contributed by atoms with Gasteiger partial charge in [-0.25, -0.2) is 0 Å². The van der Waals surface area contributed by atoms with Crippen LogP contribution in [0.5, 0.6) is 0 Å². The zero-order valence-corrected chi connectivity index (χ0v) is 13.7. The maximum atomic E-state index is 6.00. The maximum Gasteiger partial charge on any atom is 0.000167 e. The van der Waals surface area contributed by atoms with Crippen LogP contribution in [0.15, 0.2) is 48.5 Å². The van der Waals surface area contributed by atoms with Gasteiger partial charge in [-0.2, -0.15) is 0 Å². The summed E-state index contributed by atoms with van der Waals surface area (Å²) in [4.78, 5) is 0. The van der Waals surface area contributed by atoms with Gasteiger partial charge in [-0.1, -0.05) is 74.9 Å². The minimum absolute atomic E-state index is 0.211. The van der Waals surface area contributed by atoms with E-state index in [1.54, 1.807) is 0 Å². The van der Waals surface area contributed by atoms with Crippen LogP contribution < -0.4 is 5.73 Å². The van der Waals surface area contributed by atoms with Crippen molar-refractivity contribution < 1.29 is 0 Å². The number of aryl methyl sites for hydroxylation is 1. The molecule has 0 aliphatic carbocycles. The molecule has 21 heavy (non-hydrogen) atoms. The Morgan fingerprint density at radius 3 is 2.19 bits per heavy atom. The van der Waals surface area contributed by atoms with Crippen LogP contribution in [-0.2, 0) is 11.8 Å². The third kappa shape index (κ3) is 4.18. The highest BCUT2D eigenvalue weighted by atomic mass is 14.5. The van der Waals surface area contributed by atoms with E-state index >= 15 is 0 Å². The number of benzene rings is 2. The van der Waals surface area contributed by atoms with Crippen LogP contribution in [0.3, 0.4) is 0 Å². The number of hydrogen-bond acceptors (Lipinski definition) is 1. The lowest BCUT2D eigenvalue weighted by molar-refractivity contribution is 0.589. The zero-order chi connectivity index (χ0) is 15.5. The molecule has 0 amide bonds. The lowest BCUT2D eigenvalue weighted by Crippen LogP contribution is -2.15. The first kappa shape index (κ1) is 15.8. The Hall–Kier alpha value is -1.60. The molecule has 0 bridgehead atoms. The Kier molecular flexibility index (Phi) is 4.84. The van der Waals surface area contributed by atoms with E-state index in [2.05, 4.69) is 76.2 Å². The summed E-state index contributed by atoms with van der Waals surface area (Å²) in [5.41, 5.74) is 11.6. The highest BCUT2D eigenvalue weighted by molar-refractivity contribution is 5.31. The van der Waals surface area contributed by atoms with Crippen molar-refractivity contribution in [3.8, 4) is 0 Å². The minimum atomic E-state index is 0.211. The summed E-state index contributed by atoms with van der Waals surface area (Å²) in [7, 11) is 0. The van der Waals surface area contributed by atoms with Crippen molar-refractivity contribution in [1.29, 1.82) is 0 Å². The topological polar surface area (TPSA) is 26.0 Å². The Labute approximate surface area is 129 Å². The second-order valence-electron chi connectivity index (χ2n) is 7.00. The monoisotopic (exact) mass is 281 g/mol. The predicted molar refractivity (Wildman–Crippen MR) is 91.8 cm³/mol. The van der Waals surface area contributed by atoms with Gasteiger partial charge >= 0.3 is 0 Å². The number of nitrogens with two attached hydrogens (primary N) is 1. The molecule has 0 saturated heterocycles. The van der Waals surface area contributed by atoms with Gasteiger partial charge in [0.05, 0.1) is 0 Å². The Bertz CT molecular complexity index is 576. The van der Waals surface area contributed by atoms with Crippen LogP contribution in [0.1, 0.15) is 48.9 Å². The second kappa shape index (κ2) is 6.44. The first-order valence-corrected chi connectivity index (χ1v) is 7.76. The highest BCUT2D eigenvalue weighted by Gasteiger charge is 2.14. The quantitative estimate of drug-likeness (QED) is 0.872. The third-order valence-electron chi connectivity index (χ3n) is 4.10. The SMILES string of the molecule is Cc1cccc(C(CN)Cc2ccc(C(C)(C)C)cc2)c1. The summed E-state index contributed by atoms with van der Waals surface area (Å²) in [6.45, 7) is 9.56. The fourth-order valence-electron chi connectivity index (χ4n) is 2.69. The molecule has 0 aromatic heterocycles. The van der Waals surface area contributed by atoms with Crippen molar-refractivity contribution in [3.05, 3.63) is 70.8 Å². The molecular formula is C20H27N. The lowest BCUT2D eigenvalue weighted by Gasteiger charge is -2.20. The van der Waals surface area contributed by atoms with E-state index in [0.29, 0.717) is 12.5 Å². The number of rotatable bonds is 4.